The minimum Gasteiger partial charge on any atom is -0.481 e. The van der Waals surface area contributed by atoms with Crippen LogP contribution in [0.25, 0.3) is 0 Å². The smallest absolute Gasteiger partial charge is 0.310 e. The molecule has 2 atom stereocenters. The Morgan fingerprint density at radius 1 is 1.00 bits per heavy atom. The van der Waals surface area contributed by atoms with Gasteiger partial charge in [-0.15, -0.1) is 0 Å². The van der Waals surface area contributed by atoms with Gasteiger partial charge in [0.25, 0.3) is 0 Å². The number of aliphatic hydroxyl groups is 1. The van der Waals surface area contributed by atoms with Gasteiger partial charge < -0.3 is 10.2 Å². The highest BCUT2D eigenvalue weighted by atomic mass is 16.4. The first-order valence-electron chi connectivity index (χ1n) is 6.96. The Bertz CT molecular complexity index is 460. The van der Waals surface area contributed by atoms with Crippen LogP contribution in [0.15, 0.2) is 24.3 Å². The van der Waals surface area contributed by atoms with Gasteiger partial charge in [0.2, 0.25) is 0 Å². The lowest BCUT2D eigenvalue weighted by molar-refractivity contribution is -0.151. The molecule has 0 spiro atoms. The fourth-order valence-electron chi connectivity index (χ4n) is 2.35. The number of rotatable bonds is 3. The van der Waals surface area contributed by atoms with Gasteiger partial charge in [0.05, 0.1) is 12.0 Å². The van der Waals surface area contributed by atoms with Crippen molar-refractivity contribution < 1.29 is 15.0 Å². The molecule has 0 fully saturated rings. The summed E-state index contributed by atoms with van der Waals surface area (Å²) in [6.45, 7) is 11.9. The first-order chi connectivity index (χ1) is 8.94. The van der Waals surface area contributed by atoms with Crippen LogP contribution in [-0.4, -0.2) is 16.2 Å². The minimum atomic E-state index is -0.999. The molecule has 1 rings (SSSR count). The molecule has 0 radical (unpaired) electrons. The summed E-state index contributed by atoms with van der Waals surface area (Å²) >= 11 is 0. The highest BCUT2D eigenvalue weighted by molar-refractivity contribution is 5.72. The number of carboxylic acids is 1. The van der Waals surface area contributed by atoms with Crippen LogP contribution in [0, 0.1) is 11.3 Å². The Morgan fingerprint density at radius 3 is 1.75 bits per heavy atom. The van der Waals surface area contributed by atoms with Crippen LogP contribution in [0.4, 0.5) is 0 Å². The van der Waals surface area contributed by atoms with Crippen molar-refractivity contribution in [3.8, 4) is 0 Å². The van der Waals surface area contributed by atoms with Gasteiger partial charge in [0.1, 0.15) is 0 Å². The highest BCUT2D eigenvalue weighted by Crippen LogP contribution is 2.37. The fraction of sp³-hybridized carbons (Fsp3) is 0.588. The molecule has 0 aliphatic heterocycles. The van der Waals surface area contributed by atoms with E-state index in [9.17, 15) is 15.0 Å². The number of carbonyl (C=O) groups is 1. The Labute approximate surface area is 121 Å². The van der Waals surface area contributed by atoms with Crippen molar-refractivity contribution in [1.29, 1.82) is 0 Å². The largest absolute Gasteiger partial charge is 0.481 e. The summed E-state index contributed by atoms with van der Waals surface area (Å²) in [5, 5.41) is 19.8. The van der Waals surface area contributed by atoms with Crippen molar-refractivity contribution in [1.82, 2.24) is 0 Å². The molecule has 0 aliphatic rings. The summed E-state index contributed by atoms with van der Waals surface area (Å²) in [7, 11) is 0. The molecule has 112 valence electrons. The quantitative estimate of drug-likeness (QED) is 0.885. The number of benzene rings is 1. The number of hydrogen-bond donors (Lipinski definition) is 2. The normalized spacial score (nSPS) is 15.8. The Balaban J connectivity index is 3.08. The number of hydrogen-bond acceptors (Lipinski definition) is 2. The summed E-state index contributed by atoms with van der Waals surface area (Å²) in [6, 6.07) is 7.57. The molecule has 0 aromatic heterocycles. The zero-order valence-electron chi connectivity index (χ0n) is 13.3. The molecule has 2 unspecified atom stereocenters. The molecule has 0 saturated heterocycles. The van der Waals surface area contributed by atoms with Gasteiger partial charge in [-0.25, -0.2) is 0 Å². The van der Waals surface area contributed by atoms with Crippen LogP contribution in [0.3, 0.4) is 0 Å². The molecule has 2 N–H and O–H groups in total. The average molecular weight is 278 g/mol. The van der Waals surface area contributed by atoms with Crippen LogP contribution in [-0.2, 0) is 10.2 Å². The van der Waals surface area contributed by atoms with Gasteiger partial charge in [-0.3, -0.25) is 4.79 Å². The van der Waals surface area contributed by atoms with E-state index < -0.39 is 23.4 Å². The third kappa shape index (κ3) is 3.83. The summed E-state index contributed by atoms with van der Waals surface area (Å²) in [4.78, 5) is 11.4. The number of aliphatic carboxylic acids is 1. The second-order valence-electron chi connectivity index (χ2n) is 7.50. The maximum absolute atomic E-state index is 11.4. The molecule has 1 aromatic carbocycles. The van der Waals surface area contributed by atoms with E-state index in [0.717, 1.165) is 5.56 Å². The van der Waals surface area contributed by atoms with E-state index in [-0.39, 0.29) is 5.41 Å². The van der Waals surface area contributed by atoms with E-state index in [1.807, 2.05) is 45.0 Å². The summed E-state index contributed by atoms with van der Waals surface area (Å²) in [6.07, 6.45) is -0.999. The van der Waals surface area contributed by atoms with Gasteiger partial charge in [0, 0.05) is 0 Å². The summed E-state index contributed by atoms with van der Waals surface area (Å²) in [5.74, 6) is -1.80. The topological polar surface area (TPSA) is 57.5 Å². The molecule has 0 bridgehead atoms. The lowest BCUT2D eigenvalue weighted by Gasteiger charge is -2.31. The molecule has 3 nitrogen and oxygen atoms in total. The molecular formula is C17H26O3. The van der Waals surface area contributed by atoms with E-state index >= 15 is 0 Å². The molecule has 0 saturated carbocycles. The molecule has 1 aromatic rings. The Morgan fingerprint density at radius 2 is 1.45 bits per heavy atom. The van der Waals surface area contributed by atoms with Gasteiger partial charge in [-0.2, -0.15) is 0 Å². The van der Waals surface area contributed by atoms with Crippen molar-refractivity contribution in [2.24, 2.45) is 11.3 Å². The van der Waals surface area contributed by atoms with Crippen molar-refractivity contribution in [2.45, 2.75) is 53.1 Å². The lowest BCUT2D eigenvalue weighted by atomic mass is 9.75. The van der Waals surface area contributed by atoms with Crippen LogP contribution >= 0.6 is 0 Å². The monoisotopic (exact) mass is 278 g/mol. The minimum absolute atomic E-state index is 0.0414. The average Bonchev–Trinajstić information content (AvgIpc) is 2.25. The van der Waals surface area contributed by atoms with Gasteiger partial charge >= 0.3 is 5.97 Å². The fourth-order valence-corrected chi connectivity index (χ4v) is 2.35. The molecule has 0 aliphatic carbocycles. The molecule has 3 heteroatoms. The maximum atomic E-state index is 11.4. The van der Waals surface area contributed by atoms with Crippen molar-refractivity contribution in [3.05, 3.63) is 35.4 Å². The SMILES string of the molecule is CC(C)(C)c1ccc(C(O)C(C(=O)O)C(C)(C)C)cc1. The predicted octanol–water partition coefficient (Wildman–Crippen LogP) is 3.76. The predicted molar refractivity (Wildman–Crippen MR) is 80.7 cm³/mol. The second kappa shape index (κ2) is 5.57. The van der Waals surface area contributed by atoms with Crippen molar-refractivity contribution >= 4 is 5.97 Å². The Kier molecular flexibility index (Phi) is 4.65. The molecule has 0 heterocycles. The zero-order chi connectivity index (χ0) is 15.7. The third-order valence-electron chi connectivity index (χ3n) is 3.63. The maximum Gasteiger partial charge on any atom is 0.310 e. The highest BCUT2D eigenvalue weighted by Gasteiger charge is 2.38. The number of carboxylic acid groups (broad SMARTS) is 1. The van der Waals surface area contributed by atoms with Crippen LogP contribution in [0.2, 0.25) is 0 Å². The molecular weight excluding hydrogens is 252 g/mol. The molecule has 20 heavy (non-hydrogen) atoms. The van der Waals surface area contributed by atoms with Crippen LogP contribution < -0.4 is 0 Å². The molecule has 0 amide bonds. The van der Waals surface area contributed by atoms with E-state index in [1.54, 1.807) is 0 Å². The van der Waals surface area contributed by atoms with Gasteiger partial charge in [-0.1, -0.05) is 65.8 Å². The van der Waals surface area contributed by atoms with E-state index in [2.05, 4.69) is 20.8 Å². The third-order valence-corrected chi connectivity index (χ3v) is 3.63. The van der Waals surface area contributed by atoms with Crippen molar-refractivity contribution in [3.63, 3.8) is 0 Å². The van der Waals surface area contributed by atoms with Crippen molar-refractivity contribution in [2.75, 3.05) is 0 Å². The van der Waals surface area contributed by atoms with E-state index in [4.69, 9.17) is 0 Å². The van der Waals surface area contributed by atoms with Gasteiger partial charge in [-0.05, 0) is 22.0 Å². The summed E-state index contributed by atoms with van der Waals surface area (Å²) in [5.41, 5.74) is 1.35. The van der Waals surface area contributed by atoms with Crippen LogP contribution in [0.5, 0.6) is 0 Å². The Hall–Kier alpha value is -1.35. The van der Waals surface area contributed by atoms with Crippen LogP contribution in [0.1, 0.15) is 58.8 Å². The summed E-state index contributed by atoms with van der Waals surface area (Å²) < 4.78 is 0. The second-order valence-corrected chi connectivity index (χ2v) is 7.50. The zero-order valence-corrected chi connectivity index (χ0v) is 13.3. The van der Waals surface area contributed by atoms with E-state index in [1.165, 1.54) is 0 Å². The van der Waals surface area contributed by atoms with E-state index in [0.29, 0.717) is 5.56 Å². The first kappa shape index (κ1) is 16.7. The first-order valence-corrected chi connectivity index (χ1v) is 6.96. The standard InChI is InChI=1S/C17H26O3/c1-16(2,3)12-9-7-11(8-10-12)14(18)13(15(19)20)17(4,5)6/h7-10,13-14,18H,1-6H3,(H,19,20). The number of aliphatic hydroxyl groups excluding tert-OH is 1. The van der Waals surface area contributed by atoms with Gasteiger partial charge in [0.15, 0.2) is 0 Å². The lowest BCUT2D eigenvalue weighted by Crippen LogP contribution is -2.34.